The van der Waals surface area contributed by atoms with Crippen molar-refractivity contribution in [1.82, 2.24) is 4.90 Å². The van der Waals surface area contributed by atoms with Crippen molar-refractivity contribution in [3.8, 4) is 0 Å². The first-order valence-corrected chi connectivity index (χ1v) is 7.04. The molecule has 0 bridgehead atoms. The molecule has 0 radical (unpaired) electrons. The first kappa shape index (κ1) is 15.4. The molecular formula is C18H21NO2. The largest absolute Gasteiger partial charge is 0.384 e. The van der Waals surface area contributed by atoms with E-state index in [9.17, 15) is 9.90 Å². The molecule has 1 N–H and O–H groups in total. The molecule has 0 aliphatic rings. The van der Waals surface area contributed by atoms with Gasteiger partial charge in [-0.1, -0.05) is 60.7 Å². The van der Waals surface area contributed by atoms with Crippen LogP contribution in [0.15, 0.2) is 60.7 Å². The summed E-state index contributed by atoms with van der Waals surface area (Å²) in [4.78, 5) is 14.0. The minimum absolute atomic E-state index is 0.0574. The first-order chi connectivity index (χ1) is 9.99. The van der Waals surface area contributed by atoms with E-state index >= 15 is 0 Å². The third kappa shape index (κ3) is 4.25. The van der Waals surface area contributed by atoms with Gasteiger partial charge < -0.3 is 5.11 Å². The summed E-state index contributed by atoms with van der Waals surface area (Å²) >= 11 is 0. The second-order valence-electron chi connectivity index (χ2n) is 5.60. The fourth-order valence-corrected chi connectivity index (χ4v) is 2.43. The lowest BCUT2D eigenvalue weighted by molar-refractivity contribution is 0.0240. The molecule has 0 saturated carbocycles. The van der Waals surface area contributed by atoms with E-state index in [4.69, 9.17) is 0 Å². The summed E-state index contributed by atoms with van der Waals surface area (Å²) in [7, 11) is 1.85. The summed E-state index contributed by atoms with van der Waals surface area (Å²) in [5.74, 6) is 0.0574. The number of Topliss-reactive ketones (excluding diaryl/α,β-unsaturated/α-hetero) is 1. The number of hydrogen-bond acceptors (Lipinski definition) is 3. The number of ketones is 1. The molecule has 110 valence electrons. The maximum Gasteiger partial charge on any atom is 0.176 e. The van der Waals surface area contributed by atoms with Gasteiger partial charge in [-0.2, -0.15) is 0 Å². The summed E-state index contributed by atoms with van der Waals surface area (Å²) in [5, 5.41) is 10.6. The number of rotatable bonds is 6. The molecule has 3 nitrogen and oxygen atoms in total. The summed E-state index contributed by atoms with van der Waals surface area (Å²) in [5.41, 5.74) is 0.570. The second-order valence-corrected chi connectivity index (χ2v) is 5.60. The van der Waals surface area contributed by atoms with Gasteiger partial charge in [0.2, 0.25) is 0 Å². The average molecular weight is 283 g/mol. The highest BCUT2D eigenvalue weighted by Gasteiger charge is 2.25. The van der Waals surface area contributed by atoms with Gasteiger partial charge in [-0.05, 0) is 19.5 Å². The monoisotopic (exact) mass is 283 g/mol. The molecule has 2 aromatic rings. The van der Waals surface area contributed by atoms with Crippen LogP contribution in [0.25, 0.3) is 0 Å². The molecule has 0 aromatic heterocycles. The van der Waals surface area contributed by atoms with Gasteiger partial charge in [-0.25, -0.2) is 0 Å². The maximum absolute atomic E-state index is 12.2. The van der Waals surface area contributed by atoms with E-state index < -0.39 is 5.60 Å². The summed E-state index contributed by atoms with van der Waals surface area (Å²) in [6, 6.07) is 18.7. The Morgan fingerprint density at radius 1 is 1.05 bits per heavy atom. The number of aliphatic hydroxyl groups is 1. The molecule has 3 heteroatoms. The molecular weight excluding hydrogens is 262 g/mol. The van der Waals surface area contributed by atoms with E-state index in [1.54, 1.807) is 6.92 Å². The molecule has 0 heterocycles. The molecule has 0 aliphatic carbocycles. The third-order valence-electron chi connectivity index (χ3n) is 3.48. The zero-order valence-corrected chi connectivity index (χ0v) is 12.5. The van der Waals surface area contributed by atoms with Gasteiger partial charge in [-0.3, -0.25) is 9.69 Å². The van der Waals surface area contributed by atoms with Crippen molar-refractivity contribution < 1.29 is 9.90 Å². The van der Waals surface area contributed by atoms with E-state index in [1.165, 1.54) is 0 Å². The normalized spacial score (nSPS) is 13.9. The molecule has 0 saturated heterocycles. The minimum atomic E-state index is -0.979. The van der Waals surface area contributed by atoms with Crippen LogP contribution >= 0.6 is 0 Å². The molecule has 1 unspecified atom stereocenters. The van der Waals surface area contributed by atoms with Crippen molar-refractivity contribution >= 4 is 5.78 Å². The summed E-state index contributed by atoms with van der Waals surface area (Å²) in [6.07, 6.45) is 0. The van der Waals surface area contributed by atoms with Crippen LogP contribution in [0.1, 0.15) is 22.8 Å². The lowest BCUT2D eigenvalue weighted by Crippen LogP contribution is -2.39. The quantitative estimate of drug-likeness (QED) is 0.829. The Labute approximate surface area is 125 Å². The maximum atomic E-state index is 12.2. The number of carbonyl (C=O) groups is 1. The van der Waals surface area contributed by atoms with Crippen LogP contribution in [0.4, 0.5) is 0 Å². The van der Waals surface area contributed by atoms with Gasteiger partial charge in [0.1, 0.15) is 0 Å². The van der Waals surface area contributed by atoms with Crippen LogP contribution in [-0.2, 0) is 5.60 Å². The Morgan fingerprint density at radius 3 is 2.14 bits per heavy atom. The van der Waals surface area contributed by atoms with Crippen molar-refractivity contribution in [1.29, 1.82) is 0 Å². The van der Waals surface area contributed by atoms with E-state index in [-0.39, 0.29) is 12.3 Å². The van der Waals surface area contributed by atoms with Gasteiger partial charge in [0.05, 0.1) is 12.1 Å². The predicted octanol–water partition coefficient (Wildman–Crippen LogP) is 2.71. The Balaban J connectivity index is 1.98. The molecule has 0 fully saturated rings. The van der Waals surface area contributed by atoms with E-state index in [2.05, 4.69) is 0 Å². The number of nitrogens with zero attached hydrogens (tertiary/aromatic N) is 1. The average Bonchev–Trinajstić information content (AvgIpc) is 2.48. The number of hydrogen-bond donors (Lipinski definition) is 1. The SMILES string of the molecule is CN(CC(=O)c1ccccc1)CC(C)(O)c1ccccc1. The van der Waals surface area contributed by atoms with Crippen LogP contribution in [0, 0.1) is 0 Å². The van der Waals surface area contributed by atoms with Crippen LogP contribution in [0.3, 0.4) is 0 Å². The van der Waals surface area contributed by atoms with E-state index in [1.807, 2.05) is 72.6 Å². The van der Waals surface area contributed by atoms with E-state index in [0.717, 1.165) is 5.56 Å². The number of likely N-dealkylation sites (N-methyl/N-ethyl adjacent to an activating group) is 1. The van der Waals surface area contributed by atoms with Crippen molar-refractivity contribution in [3.63, 3.8) is 0 Å². The van der Waals surface area contributed by atoms with Crippen LogP contribution in [0.2, 0.25) is 0 Å². The first-order valence-electron chi connectivity index (χ1n) is 7.04. The highest BCUT2D eigenvalue weighted by molar-refractivity contribution is 5.97. The third-order valence-corrected chi connectivity index (χ3v) is 3.48. The molecule has 2 rings (SSSR count). The number of benzene rings is 2. The highest BCUT2D eigenvalue weighted by Crippen LogP contribution is 2.21. The molecule has 21 heavy (non-hydrogen) atoms. The van der Waals surface area contributed by atoms with Gasteiger partial charge >= 0.3 is 0 Å². The van der Waals surface area contributed by atoms with Crippen molar-refractivity contribution in [2.45, 2.75) is 12.5 Å². The topological polar surface area (TPSA) is 40.5 Å². The lowest BCUT2D eigenvalue weighted by Gasteiger charge is -2.29. The van der Waals surface area contributed by atoms with Gasteiger partial charge in [0, 0.05) is 12.1 Å². The fourth-order valence-electron chi connectivity index (χ4n) is 2.43. The summed E-state index contributed by atoms with van der Waals surface area (Å²) < 4.78 is 0. The Morgan fingerprint density at radius 2 is 1.57 bits per heavy atom. The summed E-state index contributed by atoms with van der Waals surface area (Å²) in [6.45, 7) is 2.45. The highest BCUT2D eigenvalue weighted by atomic mass is 16.3. The van der Waals surface area contributed by atoms with Gasteiger partial charge in [-0.15, -0.1) is 0 Å². The van der Waals surface area contributed by atoms with Crippen LogP contribution < -0.4 is 0 Å². The van der Waals surface area contributed by atoms with E-state index in [0.29, 0.717) is 12.1 Å². The lowest BCUT2D eigenvalue weighted by atomic mass is 9.95. The zero-order chi connectivity index (χ0) is 15.3. The predicted molar refractivity (Wildman–Crippen MR) is 84.3 cm³/mol. The van der Waals surface area contributed by atoms with Crippen LogP contribution in [0.5, 0.6) is 0 Å². The minimum Gasteiger partial charge on any atom is -0.384 e. The Kier molecular flexibility index (Phi) is 4.89. The molecule has 0 amide bonds. The van der Waals surface area contributed by atoms with Crippen molar-refractivity contribution in [3.05, 3.63) is 71.8 Å². The number of carbonyl (C=O) groups excluding carboxylic acids is 1. The standard InChI is InChI=1S/C18H21NO2/c1-18(21,16-11-7-4-8-12-16)14-19(2)13-17(20)15-9-5-3-6-10-15/h3-12,21H,13-14H2,1-2H3. The second kappa shape index (κ2) is 6.66. The zero-order valence-electron chi connectivity index (χ0n) is 12.5. The van der Waals surface area contributed by atoms with Gasteiger partial charge in [0.25, 0.3) is 0 Å². The van der Waals surface area contributed by atoms with Crippen LogP contribution in [-0.4, -0.2) is 35.9 Å². The van der Waals surface area contributed by atoms with Crippen molar-refractivity contribution in [2.75, 3.05) is 20.1 Å². The molecule has 2 aromatic carbocycles. The Bertz CT molecular complexity index is 579. The fraction of sp³-hybridized carbons (Fsp3) is 0.278. The molecule has 1 atom stereocenters. The molecule has 0 spiro atoms. The molecule has 0 aliphatic heterocycles. The van der Waals surface area contributed by atoms with Gasteiger partial charge in [0.15, 0.2) is 5.78 Å². The smallest absolute Gasteiger partial charge is 0.176 e. The Hall–Kier alpha value is -1.97. The van der Waals surface area contributed by atoms with Crippen molar-refractivity contribution in [2.24, 2.45) is 0 Å².